The summed E-state index contributed by atoms with van der Waals surface area (Å²) < 4.78 is 5.93. The minimum Gasteiger partial charge on any atom is -0.378 e. The maximum Gasteiger partial charge on any atom is 0.0575 e. The fourth-order valence-electron chi connectivity index (χ4n) is 2.74. The molecule has 1 aliphatic rings. The molecule has 18 heavy (non-hydrogen) atoms. The first-order valence-corrected chi connectivity index (χ1v) is 8.10. The van der Waals surface area contributed by atoms with E-state index in [1.807, 2.05) is 18.4 Å². The normalized spacial score (nSPS) is 24.3. The Kier molecular flexibility index (Phi) is 6.18. The Labute approximate surface area is 115 Å². The van der Waals surface area contributed by atoms with Gasteiger partial charge in [-0.05, 0) is 80.4 Å². The average Bonchev–Trinajstić information content (AvgIpc) is 2.89. The SMILES string of the molecule is CNCCCOC1CCC(Cc2ccsc2)CC1. The van der Waals surface area contributed by atoms with Crippen LogP contribution in [0.3, 0.4) is 0 Å². The molecule has 0 bridgehead atoms. The van der Waals surface area contributed by atoms with Crippen molar-refractivity contribution in [3.63, 3.8) is 0 Å². The van der Waals surface area contributed by atoms with Crippen molar-refractivity contribution in [3.8, 4) is 0 Å². The zero-order valence-corrected chi connectivity index (χ0v) is 12.2. The van der Waals surface area contributed by atoms with Crippen molar-refractivity contribution in [1.82, 2.24) is 5.32 Å². The number of hydrogen-bond acceptors (Lipinski definition) is 3. The zero-order valence-electron chi connectivity index (χ0n) is 11.4. The van der Waals surface area contributed by atoms with Gasteiger partial charge >= 0.3 is 0 Å². The van der Waals surface area contributed by atoms with E-state index in [9.17, 15) is 0 Å². The van der Waals surface area contributed by atoms with E-state index in [1.165, 1.54) is 37.7 Å². The first kappa shape index (κ1) is 14.0. The molecule has 0 aromatic carbocycles. The molecule has 2 nitrogen and oxygen atoms in total. The van der Waals surface area contributed by atoms with Crippen molar-refractivity contribution < 1.29 is 4.74 Å². The van der Waals surface area contributed by atoms with Gasteiger partial charge < -0.3 is 10.1 Å². The number of nitrogens with one attached hydrogen (secondary N) is 1. The van der Waals surface area contributed by atoms with Gasteiger partial charge in [0.05, 0.1) is 6.10 Å². The molecule has 1 saturated carbocycles. The van der Waals surface area contributed by atoms with E-state index in [1.54, 1.807) is 0 Å². The summed E-state index contributed by atoms with van der Waals surface area (Å²) in [4.78, 5) is 0. The van der Waals surface area contributed by atoms with Gasteiger partial charge in [0, 0.05) is 6.61 Å². The summed E-state index contributed by atoms with van der Waals surface area (Å²) in [5.41, 5.74) is 1.53. The molecule has 3 heteroatoms. The van der Waals surface area contributed by atoms with E-state index < -0.39 is 0 Å². The molecule has 1 fully saturated rings. The lowest BCUT2D eigenvalue weighted by molar-refractivity contribution is 0.0173. The van der Waals surface area contributed by atoms with Gasteiger partial charge in [-0.3, -0.25) is 0 Å². The van der Waals surface area contributed by atoms with Crippen LogP contribution in [-0.2, 0) is 11.2 Å². The number of rotatable bonds is 7. The van der Waals surface area contributed by atoms with Gasteiger partial charge in [-0.1, -0.05) is 0 Å². The Morgan fingerprint density at radius 1 is 1.33 bits per heavy atom. The molecule has 1 aromatic rings. The molecular weight excluding hydrogens is 242 g/mol. The number of thiophene rings is 1. The van der Waals surface area contributed by atoms with Crippen LogP contribution in [0.1, 0.15) is 37.7 Å². The minimum atomic E-state index is 0.528. The monoisotopic (exact) mass is 267 g/mol. The van der Waals surface area contributed by atoms with Crippen LogP contribution < -0.4 is 5.32 Å². The summed E-state index contributed by atoms with van der Waals surface area (Å²) in [5.74, 6) is 0.886. The first-order chi connectivity index (χ1) is 8.88. The van der Waals surface area contributed by atoms with Gasteiger partial charge in [-0.2, -0.15) is 11.3 Å². The minimum absolute atomic E-state index is 0.528. The van der Waals surface area contributed by atoms with Crippen molar-refractivity contribution in [2.45, 2.75) is 44.6 Å². The highest BCUT2D eigenvalue weighted by molar-refractivity contribution is 7.07. The van der Waals surface area contributed by atoms with E-state index in [2.05, 4.69) is 22.1 Å². The van der Waals surface area contributed by atoms with Gasteiger partial charge in [-0.25, -0.2) is 0 Å². The summed E-state index contributed by atoms with van der Waals surface area (Å²) in [7, 11) is 2.00. The highest BCUT2D eigenvalue weighted by Gasteiger charge is 2.21. The fourth-order valence-corrected chi connectivity index (χ4v) is 3.43. The second-order valence-electron chi connectivity index (χ2n) is 5.31. The van der Waals surface area contributed by atoms with E-state index >= 15 is 0 Å². The zero-order chi connectivity index (χ0) is 12.6. The lowest BCUT2D eigenvalue weighted by atomic mass is 9.84. The summed E-state index contributed by atoms with van der Waals surface area (Å²) in [5, 5.41) is 7.64. The van der Waals surface area contributed by atoms with Crippen LogP contribution in [0.15, 0.2) is 16.8 Å². The van der Waals surface area contributed by atoms with Crippen molar-refractivity contribution >= 4 is 11.3 Å². The van der Waals surface area contributed by atoms with Gasteiger partial charge in [0.1, 0.15) is 0 Å². The predicted octanol–water partition coefficient (Wildman–Crippen LogP) is 3.48. The first-order valence-electron chi connectivity index (χ1n) is 7.15. The van der Waals surface area contributed by atoms with Gasteiger partial charge in [0.2, 0.25) is 0 Å². The molecule has 0 aliphatic heterocycles. The summed E-state index contributed by atoms with van der Waals surface area (Å²) in [6, 6.07) is 2.27. The maximum atomic E-state index is 5.93. The standard InChI is InChI=1S/C15H25NOS/c1-16-8-2-9-17-15-5-3-13(4-6-15)11-14-7-10-18-12-14/h7,10,12-13,15-16H,2-6,8-9,11H2,1H3. The highest BCUT2D eigenvalue weighted by atomic mass is 32.1. The molecule has 1 N–H and O–H groups in total. The van der Waals surface area contributed by atoms with Crippen LogP contribution in [0.2, 0.25) is 0 Å². The third kappa shape index (κ3) is 4.71. The molecule has 102 valence electrons. The van der Waals surface area contributed by atoms with Crippen LogP contribution >= 0.6 is 11.3 Å². The lowest BCUT2D eigenvalue weighted by Gasteiger charge is -2.28. The van der Waals surface area contributed by atoms with E-state index in [0.717, 1.165) is 25.5 Å². The summed E-state index contributed by atoms with van der Waals surface area (Å²) >= 11 is 1.81. The average molecular weight is 267 g/mol. The molecule has 2 rings (SSSR count). The molecule has 0 radical (unpaired) electrons. The Morgan fingerprint density at radius 3 is 2.83 bits per heavy atom. The summed E-state index contributed by atoms with van der Waals surface area (Å²) in [6.45, 7) is 1.98. The molecular formula is C15H25NOS. The van der Waals surface area contributed by atoms with Crippen LogP contribution in [0, 0.1) is 5.92 Å². The second-order valence-corrected chi connectivity index (χ2v) is 6.09. The van der Waals surface area contributed by atoms with Crippen molar-refractivity contribution in [2.75, 3.05) is 20.2 Å². The molecule has 0 unspecified atom stereocenters. The third-order valence-corrected chi connectivity index (χ3v) is 4.55. The molecule has 0 atom stereocenters. The fraction of sp³-hybridized carbons (Fsp3) is 0.733. The number of ether oxygens (including phenoxy) is 1. The van der Waals surface area contributed by atoms with E-state index in [4.69, 9.17) is 4.74 Å². The smallest absolute Gasteiger partial charge is 0.0575 e. The van der Waals surface area contributed by atoms with Crippen LogP contribution in [-0.4, -0.2) is 26.3 Å². The largest absolute Gasteiger partial charge is 0.378 e. The second kappa shape index (κ2) is 7.93. The van der Waals surface area contributed by atoms with Crippen molar-refractivity contribution in [2.24, 2.45) is 5.92 Å². The van der Waals surface area contributed by atoms with E-state index in [-0.39, 0.29) is 0 Å². The molecule has 0 saturated heterocycles. The Bertz CT molecular complexity index is 304. The third-order valence-electron chi connectivity index (χ3n) is 3.82. The van der Waals surface area contributed by atoms with Gasteiger partial charge in [-0.15, -0.1) is 0 Å². The summed E-state index contributed by atoms with van der Waals surface area (Å²) in [6.07, 6.45) is 8.13. The molecule has 0 amide bonds. The molecule has 1 aliphatic carbocycles. The highest BCUT2D eigenvalue weighted by Crippen LogP contribution is 2.29. The predicted molar refractivity (Wildman–Crippen MR) is 78.3 cm³/mol. The van der Waals surface area contributed by atoms with Gasteiger partial charge in [0.25, 0.3) is 0 Å². The van der Waals surface area contributed by atoms with Gasteiger partial charge in [0.15, 0.2) is 0 Å². The van der Waals surface area contributed by atoms with Crippen molar-refractivity contribution in [1.29, 1.82) is 0 Å². The lowest BCUT2D eigenvalue weighted by Crippen LogP contribution is -2.24. The van der Waals surface area contributed by atoms with Crippen molar-refractivity contribution in [3.05, 3.63) is 22.4 Å². The van der Waals surface area contributed by atoms with Crippen LogP contribution in [0.4, 0.5) is 0 Å². The van der Waals surface area contributed by atoms with Crippen LogP contribution in [0.25, 0.3) is 0 Å². The Balaban J connectivity index is 1.59. The molecule has 1 heterocycles. The number of hydrogen-bond donors (Lipinski definition) is 1. The quantitative estimate of drug-likeness (QED) is 0.764. The molecule has 1 aromatic heterocycles. The van der Waals surface area contributed by atoms with E-state index in [0.29, 0.717) is 6.10 Å². The Hall–Kier alpha value is -0.380. The maximum absolute atomic E-state index is 5.93. The Morgan fingerprint density at radius 2 is 2.17 bits per heavy atom. The van der Waals surface area contributed by atoms with Crippen LogP contribution in [0.5, 0.6) is 0 Å². The topological polar surface area (TPSA) is 21.3 Å². The molecule has 0 spiro atoms.